The number of Topliss-reactive ketones (excluding diaryl/α,β-unsaturated/α-hetero) is 1. The van der Waals surface area contributed by atoms with Crippen LogP contribution in [-0.4, -0.2) is 35.7 Å². The average Bonchev–Trinajstić information content (AvgIpc) is 2.77. The van der Waals surface area contributed by atoms with Crippen molar-refractivity contribution in [2.45, 2.75) is 25.8 Å². The maximum Gasteiger partial charge on any atom is 0.263 e. The molecule has 4 nitrogen and oxygen atoms in total. The first-order chi connectivity index (χ1) is 8.08. The van der Waals surface area contributed by atoms with Gasteiger partial charge in [-0.3, -0.25) is 9.59 Å². The molecule has 0 radical (unpaired) electrons. The van der Waals surface area contributed by atoms with Crippen molar-refractivity contribution in [3.05, 3.63) is 21.9 Å². The molecule has 1 saturated heterocycles. The van der Waals surface area contributed by atoms with E-state index in [-0.39, 0.29) is 17.7 Å². The quantitative estimate of drug-likeness (QED) is 0.812. The van der Waals surface area contributed by atoms with E-state index < -0.39 is 0 Å². The fourth-order valence-electron chi connectivity index (χ4n) is 1.99. The topological polar surface area (TPSA) is 63.4 Å². The number of carbonyl (C=O) groups is 2. The van der Waals surface area contributed by atoms with Gasteiger partial charge in [0.05, 0.1) is 9.75 Å². The minimum absolute atomic E-state index is 0.00218. The zero-order valence-corrected chi connectivity index (χ0v) is 10.6. The van der Waals surface area contributed by atoms with Gasteiger partial charge in [-0.1, -0.05) is 0 Å². The van der Waals surface area contributed by atoms with E-state index in [0.717, 1.165) is 19.4 Å². The molecule has 0 aliphatic carbocycles. The molecule has 2 rings (SSSR count). The molecule has 0 bridgehead atoms. The standard InChI is InChI=1S/C12H16N2O2S/c1-8(15)10-4-5-11(17-10)12(16)14-6-2-3-9(13)7-14/h4-5,9H,2-3,6-7,13H2,1H3. The van der Waals surface area contributed by atoms with Crippen LogP contribution in [0.1, 0.15) is 39.1 Å². The largest absolute Gasteiger partial charge is 0.336 e. The Balaban J connectivity index is 2.10. The molecule has 1 aromatic heterocycles. The molecular formula is C12H16N2O2S. The Morgan fingerprint density at radius 3 is 2.71 bits per heavy atom. The fraction of sp³-hybridized carbons (Fsp3) is 0.500. The number of thiophene rings is 1. The zero-order valence-electron chi connectivity index (χ0n) is 9.81. The fourth-order valence-corrected chi connectivity index (χ4v) is 2.86. The summed E-state index contributed by atoms with van der Waals surface area (Å²) in [5.74, 6) is 0.00189. The number of nitrogens with zero attached hydrogens (tertiary/aromatic N) is 1. The van der Waals surface area contributed by atoms with E-state index in [1.54, 1.807) is 17.0 Å². The average molecular weight is 252 g/mol. The molecule has 0 saturated carbocycles. The zero-order chi connectivity index (χ0) is 12.4. The van der Waals surface area contributed by atoms with Crippen molar-refractivity contribution in [2.75, 3.05) is 13.1 Å². The van der Waals surface area contributed by atoms with Crippen LogP contribution in [0, 0.1) is 0 Å². The van der Waals surface area contributed by atoms with Crippen LogP contribution in [0.5, 0.6) is 0 Å². The minimum atomic E-state index is -0.00218. The van der Waals surface area contributed by atoms with Crippen LogP contribution in [0.25, 0.3) is 0 Å². The highest BCUT2D eigenvalue weighted by atomic mass is 32.1. The highest BCUT2D eigenvalue weighted by Crippen LogP contribution is 2.20. The van der Waals surface area contributed by atoms with Crippen molar-refractivity contribution >= 4 is 23.0 Å². The summed E-state index contributed by atoms with van der Waals surface area (Å²) in [4.78, 5) is 26.4. The summed E-state index contributed by atoms with van der Waals surface area (Å²) in [5, 5.41) is 0. The van der Waals surface area contributed by atoms with Gasteiger partial charge in [-0.15, -0.1) is 11.3 Å². The van der Waals surface area contributed by atoms with E-state index in [9.17, 15) is 9.59 Å². The Hall–Kier alpha value is -1.20. The van der Waals surface area contributed by atoms with Gasteiger partial charge in [0, 0.05) is 19.1 Å². The first kappa shape index (κ1) is 12.3. The van der Waals surface area contributed by atoms with E-state index in [4.69, 9.17) is 5.73 Å². The van der Waals surface area contributed by atoms with Gasteiger partial charge in [0.1, 0.15) is 0 Å². The molecule has 1 fully saturated rings. The Labute approximate surface area is 104 Å². The number of likely N-dealkylation sites (tertiary alicyclic amines) is 1. The molecule has 0 aromatic carbocycles. The van der Waals surface area contributed by atoms with Gasteiger partial charge in [-0.2, -0.15) is 0 Å². The number of rotatable bonds is 2. The van der Waals surface area contributed by atoms with Gasteiger partial charge in [-0.25, -0.2) is 0 Å². The summed E-state index contributed by atoms with van der Waals surface area (Å²) in [6, 6.07) is 3.52. The Kier molecular flexibility index (Phi) is 3.59. The molecule has 2 N–H and O–H groups in total. The summed E-state index contributed by atoms with van der Waals surface area (Å²) in [6.07, 6.45) is 1.94. The first-order valence-electron chi connectivity index (χ1n) is 5.73. The molecule has 17 heavy (non-hydrogen) atoms. The molecule has 1 aliphatic rings. The van der Waals surface area contributed by atoms with Gasteiger partial charge in [0.15, 0.2) is 5.78 Å². The Morgan fingerprint density at radius 2 is 2.12 bits per heavy atom. The van der Waals surface area contributed by atoms with Crippen LogP contribution < -0.4 is 5.73 Å². The van der Waals surface area contributed by atoms with Gasteiger partial charge >= 0.3 is 0 Å². The normalized spacial score (nSPS) is 20.4. The molecule has 5 heteroatoms. The second-order valence-electron chi connectivity index (χ2n) is 4.37. The van der Waals surface area contributed by atoms with Crippen molar-refractivity contribution < 1.29 is 9.59 Å². The van der Waals surface area contributed by atoms with Crippen LogP contribution >= 0.6 is 11.3 Å². The molecule has 1 unspecified atom stereocenters. The van der Waals surface area contributed by atoms with Crippen LogP contribution in [-0.2, 0) is 0 Å². The van der Waals surface area contributed by atoms with Gasteiger partial charge in [0.2, 0.25) is 0 Å². The second-order valence-corrected chi connectivity index (χ2v) is 5.46. The smallest absolute Gasteiger partial charge is 0.263 e. The maximum atomic E-state index is 12.2. The van der Waals surface area contributed by atoms with Crippen molar-refractivity contribution in [1.82, 2.24) is 4.90 Å². The summed E-state index contributed by atoms with van der Waals surface area (Å²) in [7, 11) is 0. The summed E-state index contributed by atoms with van der Waals surface area (Å²) >= 11 is 1.26. The van der Waals surface area contributed by atoms with Gasteiger partial charge < -0.3 is 10.6 Å². The highest BCUT2D eigenvalue weighted by molar-refractivity contribution is 7.15. The summed E-state index contributed by atoms with van der Waals surface area (Å²) in [6.45, 7) is 2.89. The molecule has 2 heterocycles. The molecule has 1 atom stereocenters. The number of nitrogens with two attached hydrogens (primary N) is 1. The van der Waals surface area contributed by atoms with Crippen molar-refractivity contribution in [3.63, 3.8) is 0 Å². The van der Waals surface area contributed by atoms with Gasteiger partial charge in [-0.05, 0) is 31.9 Å². The molecule has 0 spiro atoms. The third-order valence-corrected chi connectivity index (χ3v) is 4.08. The van der Waals surface area contributed by atoms with Gasteiger partial charge in [0.25, 0.3) is 5.91 Å². The number of hydrogen-bond donors (Lipinski definition) is 1. The van der Waals surface area contributed by atoms with Crippen molar-refractivity contribution in [1.29, 1.82) is 0 Å². The molecular weight excluding hydrogens is 236 g/mol. The lowest BCUT2D eigenvalue weighted by Crippen LogP contribution is -2.45. The van der Waals surface area contributed by atoms with E-state index in [1.807, 2.05) is 0 Å². The number of carbonyl (C=O) groups excluding carboxylic acids is 2. The molecule has 1 aliphatic heterocycles. The van der Waals surface area contributed by atoms with Crippen molar-refractivity contribution in [2.24, 2.45) is 5.73 Å². The van der Waals surface area contributed by atoms with E-state index in [1.165, 1.54) is 18.3 Å². The lowest BCUT2D eigenvalue weighted by molar-refractivity contribution is 0.0713. The highest BCUT2D eigenvalue weighted by Gasteiger charge is 2.23. The number of amides is 1. The third-order valence-electron chi connectivity index (χ3n) is 2.91. The Bertz CT molecular complexity index is 441. The molecule has 1 aromatic rings. The lowest BCUT2D eigenvalue weighted by atomic mass is 10.1. The minimum Gasteiger partial charge on any atom is -0.336 e. The maximum absolute atomic E-state index is 12.2. The first-order valence-corrected chi connectivity index (χ1v) is 6.55. The van der Waals surface area contributed by atoms with E-state index >= 15 is 0 Å². The van der Waals surface area contributed by atoms with E-state index in [2.05, 4.69) is 0 Å². The third kappa shape index (κ3) is 2.73. The van der Waals surface area contributed by atoms with Crippen LogP contribution in [0.3, 0.4) is 0 Å². The summed E-state index contributed by atoms with van der Waals surface area (Å²) < 4.78 is 0. The Morgan fingerprint density at radius 1 is 1.41 bits per heavy atom. The molecule has 92 valence electrons. The predicted molar refractivity (Wildman–Crippen MR) is 67.4 cm³/mol. The predicted octanol–water partition coefficient (Wildman–Crippen LogP) is 1.51. The lowest BCUT2D eigenvalue weighted by Gasteiger charge is -2.30. The SMILES string of the molecule is CC(=O)c1ccc(C(=O)N2CCCC(N)C2)s1. The van der Waals surface area contributed by atoms with Crippen LogP contribution in [0.2, 0.25) is 0 Å². The van der Waals surface area contributed by atoms with Crippen LogP contribution in [0.4, 0.5) is 0 Å². The monoisotopic (exact) mass is 252 g/mol. The summed E-state index contributed by atoms with van der Waals surface area (Å²) in [5.41, 5.74) is 5.85. The van der Waals surface area contributed by atoms with Crippen LogP contribution in [0.15, 0.2) is 12.1 Å². The molecule has 1 amide bonds. The van der Waals surface area contributed by atoms with Crippen molar-refractivity contribution in [3.8, 4) is 0 Å². The number of piperidine rings is 1. The van der Waals surface area contributed by atoms with E-state index in [0.29, 0.717) is 16.3 Å². The number of ketones is 1. The number of hydrogen-bond acceptors (Lipinski definition) is 4. The second kappa shape index (κ2) is 4.98.